The van der Waals surface area contributed by atoms with Gasteiger partial charge in [-0.25, -0.2) is 0 Å². The lowest BCUT2D eigenvalue weighted by Gasteiger charge is -2.35. The summed E-state index contributed by atoms with van der Waals surface area (Å²) >= 11 is 0. The standard InChI is InChI=1S/C24H28N2O5/c1-28-16-20-19-5-3-4-6-22(19)31-23(20)24(27)25-15-21(26-11-13-30-14-12-26)17-7-9-18(29-2)10-8-17/h3-10,21H,11-16H2,1-2H3,(H,25,27). The molecule has 1 N–H and O–H groups in total. The van der Waals surface area contributed by atoms with Crippen LogP contribution in [0.15, 0.2) is 52.9 Å². The highest BCUT2D eigenvalue weighted by atomic mass is 16.5. The van der Waals surface area contributed by atoms with Crippen LogP contribution in [0.1, 0.15) is 27.7 Å². The molecule has 3 aromatic rings. The zero-order valence-corrected chi connectivity index (χ0v) is 17.9. The third-order valence-corrected chi connectivity index (χ3v) is 5.64. The first-order chi connectivity index (χ1) is 15.2. The third-order valence-electron chi connectivity index (χ3n) is 5.64. The lowest BCUT2D eigenvalue weighted by molar-refractivity contribution is 0.0161. The molecule has 2 heterocycles. The molecule has 1 amide bonds. The van der Waals surface area contributed by atoms with Crippen molar-refractivity contribution >= 4 is 16.9 Å². The highest BCUT2D eigenvalue weighted by Crippen LogP contribution is 2.27. The van der Waals surface area contributed by atoms with Gasteiger partial charge in [-0.2, -0.15) is 0 Å². The summed E-state index contributed by atoms with van der Waals surface area (Å²) in [5.41, 5.74) is 2.56. The maximum Gasteiger partial charge on any atom is 0.287 e. The van der Waals surface area contributed by atoms with Crippen molar-refractivity contribution in [2.45, 2.75) is 12.6 Å². The molecule has 1 aromatic heterocycles. The molecule has 1 aliphatic heterocycles. The number of morpholine rings is 1. The van der Waals surface area contributed by atoms with Crippen LogP contribution >= 0.6 is 0 Å². The molecule has 2 aromatic carbocycles. The number of para-hydroxylation sites is 1. The van der Waals surface area contributed by atoms with Crippen LogP contribution in [0.3, 0.4) is 0 Å². The van der Waals surface area contributed by atoms with Gasteiger partial charge in [0.05, 0.1) is 33.0 Å². The number of hydrogen-bond acceptors (Lipinski definition) is 6. The zero-order chi connectivity index (χ0) is 21.6. The molecule has 1 fully saturated rings. The number of hydrogen-bond donors (Lipinski definition) is 1. The molecule has 1 aliphatic rings. The third kappa shape index (κ3) is 4.74. The Morgan fingerprint density at radius 1 is 1.10 bits per heavy atom. The number of furan rings is 1. The van der Waals surface area contributed by atoms with E-state index in [4.69, 9.17) is 18.6 Å². The second-order valence-corrected chi connectivity index (χ2v) is 7.49. The molecule has 164 valence electrons. The number of carbonyl (C=O) groups is 1. The second-order valence-electron chi connectivity index (χ2n) is 7.49. The van der Waals surface area contributed by atoms with E-state index in [1.807, 2.05) is 48.5 Å². The number of amides is 1. The van der Waals surface area contributed by atoms with Gasteiger partial charge in [-0.3, -0.25) is 9.69 Å². The van der Waals surface area contributed by atoms with Crippen molar-refractivity contribution in [1.29, 1.82) is 0 Å². The number of carbonyl (C=O) groups excluding carboxylic acids is 1. The van der Waals surface area contributed by atoms with E-state index in [0.29, 0.717) is 37.7 Å². The van der Waals surface area contributed by atoms with Crippen molar-refractivity contribution in [3.8, 4) is 5.75 Å². The number of nitrogens with one attached hydrogen (secondary N) is 1. The van der Waals surface area contributed by atoms with Crippen molar-refractivity contribution in [2.75, 3.05) is 47.1 Å². The summed E-state index contributed by atoms with van der Waals surface area (Å²) in [6.45, 7) is 3.75. The fourth-order valence-corrected chi connectivity index (χ4v) is 4.01. The van der Waals surface area contributed by atoms with Crippen LogP contribution in [0.4, 0.5) is 0 Å². The lowest BCUT2D eigenvalue weighted by atomic mass is 10.0. The first kappa shape index (κ1) is 21.4. The van der Waals surface area contributed by atoms with Crippen molar-refractivity contribution < 1.29 is 23.4 Å². The second kappa shape index (κ2) is 9.96. The molecular weight excluding hydrogens is 396 g/mol. The maximum absolute atomic E-state index is 13.1. The van der Waals surface area contributed by atoms with Gasteiger partial charge >= 0.3 is 0 Å². The predicted octanol–water partition coefficient (Wildman–Crippen LogP) is 3.39. The molecule has 7 heteroatoms. The largest absolute Gasteiger partial charge is 0.497 e. The van der Waals surface area contributed by atoms with Crippen LogP contribution in [0.25, 0.3) is 11.0 Å². The highest BCUT2D eigenvalue weighted by Gasteiger charge is 2.25. The lowest BCUT2D eigenvalue weighted by Crippen LogP contribution is -2.43. The first-order valence-electron chi connectivity index (χ1n) is 10.4. The van der Waals surface area contributed by atoms with Crippen molar-refractivity contribution in [2.24, 2.45) is 0 Å². The molecule has 0 saturated carbocycles. The average molecular weight is 424 g/mol. The van der Waals surface area contributed by atoms with Gasteiger partial charge in [0.2, 0.25) is 0 Å². The van der Waals surface area contributed by atoms with E-state index in [2.05, 4.69) is 10.2 Å². The van der Waals surface area contributed by atoms with E-state index in [-0.39, 0.29) is 11.9 Å². The molecule has 7 nitrogen and oxygen atoms in total. The highest BCUT2D eigenvalue weighted by molar-refractivity contribution is 5.99. The van der Waals surface area contributed by atoms with Gasteiger partial charge in [0.15, 0.2) is 5.76 Å². The van der Waals surface area contributed by atoms with Gasteiger partial charge in [-0.05, 0) is 23.8 Å². The summed E-state index contributed by atoms with van der Waals surface area (Å²) in [6.07, 6.45) is 0. The van der Waals surface area contributed by atoms with Gasteiger partial charge in [0.1, 0.15) is 11.3 Å². The molecule has 0 spiro atoms. The van der Waals surface area contributed by atoms with E-state index in [0.717, 1.165) is 35.4 Å². The maximum atomic E-state index is 13.1. The average Bonchev–Trinajstić information content (AvgIpc) is 3.19. The summed E-state index contributed by atoms with van der Waals surface area (Å²) in [5.74, 6) is 0.869. The monoisotopic (exact) mass is 424 g/mol. The minimum atomic E-state index is -0.241. The van der Waals surface area contributed by atoms with Crippen molar-refractivity contribution in [3.05, 3.63) is 65.4 Å². The zero-order valence-electron chi connectivity index (χ0n) is 17.9. The van der Waals surface area contributed by atoms with Crippen LogP contribution in [0.2, 0.25) is 0 Å². The van der Waals surface area contributed by atoms with Crippen molar-refractivity contribution in [1.82, 2.24) is 10.2 Å². The van der Waals surface area contributed by atoms with Gasteiger partial charge in [0, 0.05) is 37.7 Å². The molecule has 0 bridgehead atoms. The molecular formula is C24H28N2O5. The SMILES string of the molecule is COCc1c(C(=O)NCC(c2ccc(OC)cc2)N2CCOCC2)oc2ccccc12. The molecule has 1 unspecified atom stereocenters. The number of rotatable bonds is 8. The molecule has 0 aliphatic carbocycles. The number of benzene rings is 2. The summed E-state index contributed by atoms with van der Waals surface area (Å²) in [4.78, 5) is 15.4. The predicted molar refractivity (Wildman–Crippen MR) is 117 cm³/mol. The number of nitrogens with zero attached hydrogens (tertiary/aromatic N) is 1. The summed E-state index contributed by atoms with van der Waals surface area (Å²) in [6, 6.07) is 15.6. The van der Waals surface area contributed by atoms with Crippen LogP contribution in [0.5, 0.6) is 5.75 Å². The molecule has 1 atom stereocenters. The summed E-state index contributed by atoms with van der Waals surface area (Å²) in [7, 11) is 3.27. The molecule has 1 saturated heterocycles. The van der Waals surface area contributed by atoms with Crippen LogP contribution in [-0.2, 0) is 16.1 Å². The Morgan fingerprint density at radius 3 is 2.55 bits per heavy atom. The van der Waals surface area contributed by atoms with E-state index < -0.39 is 0 Å². The number of methoxy groups -OCH3 is 2. The molecule has 0 radical (unpaired) electrons. The van der Waals surface area contributed by atoms with E-state index in [1.54, 1.807) is 14.2 Å². The Hall–Kier alpha value is -2.87. The minimum Gasteiger partial charge on any atom is -0.497 e. The fourth-order valence-electron chi connectivity index (χ4n) is 4.01. The fraction of sp³-hybridized carbons (Fsp3) is 0.375. The van der Waals surface area contributed by atoms with E-state index in [9.17, 15) is 4.79 Å². The quantitative estimate of drug-likeness (QED) is 0.598. The Balaban J connectivity index is 1.55. The van der Waals surface area contributed by atoms with E-state index in [1.165, 1.54) is 0 Å². The van der Waals surface area contributed by atoms with Crippen LogP contribution in [0, 0.1) is 0 Å². The smallest absolute Gasteiger partial charge is 0.287 e. The Kier molecular flexibility index (Phi) is 6.86. The number of fused-ring (bicyclic) bond motifs is 1. The summed E-state index contributed by atoms with van der Waals surface area (Å²) < 4.78 is 22.0. The molecule has 4 rings (SSSR count). The molecule has 31 heavy (non-hydrogen) atoms. The first-order valence-corrected chi connectivity index (χ1v) is 10.4. The van der Waals surface area contributed by atoms with Gasteiger partial charge in [-0.1, -0.05) is 30.3 Å². The number of ether oxygens (including phenoxy) is 3. The van der Waals surface area contributed by atoms with Gasteiger partial charge < -0.3 is 23.9 Å². The summed E-state index contributed by atoms with van der Waals surface area (Å²) in [5, 5.41) is 3.98. The normalized spacial score (nSPS) is 15.7. The van der Waals surface area contributed by atoms with E-state index >= 15 is 0 Å². The van der Waals surface area contributed by atoms with Crippen LogP contribution in [-0.4, -0.2) is 57.9 Å². The van der Waals surface area contributed by atoms with Gasteiger partial charge in [-0.15, -0.1) is 0 Å². The Morgan fingerprint density at radius 2 is 1.84 bits per heavy atom. The Labute approximate surface area is 181 Å². The topological polar surface area (TPSA) is 73.2 Å². The minimum absolute atomic E-state index is 0.0222. The Bertz CT molecular complexity index is 1010. The van der Waals surface area contributed by atoms with Crippen molar-refractivity contribution in [3.63, 3.8) is 0 Å². The van der Waals surface area contributed by atoms with Gasteiger partial charge in [0.25, 0.3) is 5.91 Å². The van der Waals surface area contributed by atoms with Crippen LogP contribution < -0.4 is 10.1 Å².